The molecule has 3 saturated carbocycles. The molecule has 3 aromatic rings. The number of hydrogen-bond donors (Lipinski definition) is 1. The maximum absolute atomic E-state index is 5.21. The number of nitrogens with one attached hydrogen (secondary N) is 1. The van der Waals surface area contributed by atoms with Gasteiger partial charge in [-0.15, -0.1) is 0 Å². The minimum atomic E-state index is 0.0731. The molecule has 5 atom stereocenters. The molecule has 0 amide bonds. The second kappa shape index (κ2) is 6.97. The molecule has 2 heterocycles. The summed E-state index contributed by atoms with van der Waals surface area (Å²) in [7, 11) is 0. The summed E-state index contributed by atoms with van der Waals surface area (Å²) in [5.41, 5.74) is 7.70. The van der Waals surface area contributed by atoms with Crippen LogP contribution in [-0.2, 0) is 0 Å². The van der Waals surface area contributed by atoms with Crippen LogP contribution in [0.25, 0.3) is 22.3 Å². The van der Waals surface area contributed by atoms with Crippen LogP contribution in [0.5, 0.6) is 0 Å². The van der Waals surface area contributed by atoms with Gasteiger partial charge in [0.05, 0.1) is 16.7 Å². The smallest absolute Gasteiger partial charge is 0.230 e. The summed E-state index contributed by atoms with van der Waals surface area (Å²) in [5.74, 6) is 1.52. The van der Waals surface area contributed by atoms with Crippen molar-refractivity contribution in [3.63, 3.8) is 0 Å². The van der Waals surface area contributed by atoms with E-state index in [0.717, 1.165) is 11.0 Å². The van der Waals surface area contributed by atoms with Crippen molar-refractivity contribution in [1.82, 2.24) is 19.9 Å². The fraction of sp³-hybridized carbons (Fsp3) is 0.448. The van der Waals surface area contributed by atoms with Gasteiger partial charge in [0, 0.05) is 5.41 Å². The minimum absolute atomic E-state index is 0.0731. The Hall–Kier alpha value is -3.08. The molecule has 2 aromatic heterocycles. The van der Waals surface area contributed by atoms with Crippen LogP contribution in [0.4, 0.5) is 5.95 Å². The summed E-state index contributed by atoms with van der Waals surface area (Å²) in [4.78, 5) is 22.7. The lowest BCUT2D eigenvalue weighted by molar-refractivity contribution is -0.252. The number of allylic oxidation sites excluding steroid dienone is 6. The number of aromatic nitrogens is 4. The van der Waals surface area contributed by atoms with Gasteiger partial charge in [-0.2, -0.15) is 4.98 Å². The third-order valence-corrected chi connectivity index (χ3v) is 9.44. The van der Waals surface area contributed by atoms with Crippen molar-refractivity contribution in [2.45, 2.75) is 54.4 Å². The second-order valence-corrected chi connectivity index (χ2v) is 11.3. The molecule has 3 aliphatic rings. The van der Waals surface area contributed by atoms with Crippen molar-refractivity contribution >= 4 is 34.0 Å². The minimum Gasteiger partial charge on any atom is -0.306 e. The summed E-state index contributed by atoms with van der Waals surface area (Å²) >= 11 is 0. The fourth-order valence-corrected chi connectivity index (χ4v) is 7.22. The van der Waals surface area contributed by atoms with E-state index < -0.39 is 0 Å². The average Bonchev–Trinajstić information content (AvgIpc) is 3.22. The largest absolute Gasteiger partial charge is 0.306 e. The summed E-state index contributed by atoms with van der Waals surface area (Å²) in [6.07, 6.45) is 11.5. The lowest BCUT2D eigenvalue weighted by Gasteiger charge is -2.75. The molecule has 0 saturated heterocycles. The Labute approximate surface area is 201 Å². The molecule has 3 fully saturated rings. The number of rotatable bonds is 4. The molecule has 5 unspecified atom stereocenters. The molecular weight excluding hydrogens is 418 g/mol. The first-order chi connectivity index (χ1) is 16.2. The van der Waals surface area contributed by atoms with Crippen LogP contribution in [-0.4, -0.2) is 25.6 Å². The van der Waals surface area contributed by atoms with Gasteiger partial charge in [0.25, 0.3) is 0 Å². The molecule has 0 bridgehead atoms. The molecule has 0 radical (unpaired) electrons. The normalized spacial score (nSPS) is 35.8. The molecule has 0 spiro atoms. The van der Waals surface area contributed by atoms with Crippen LogP contribution in [0.1, 0.15) is 54.4 Å². The SMILES string of the molecule is C/C=C(C)\C=C/C(C)/C=C1/C(=N\c2nc3nc4ccccc4nc3[nH]2)C2(C)CC3(C)CC1C32C. The van der Waals surface area contributed by atoms with Crippen molar-refractivity contribution in [1.29, 1.82) is 0 Å². The predicted octanol–water partition coefficient (Wildman–Crippen LogP) is 7.12. The zero-order chi connectivity index (χ0) is 23.9. The number of para-hydroxylation sites is 2. The van der Waals surface area contributed by atoms with Crippen molar-refractivity contribution in [2.24, 2.45) is 33.1 Å². The number of nitrogens with zero attached hydrogens (tertiary/aromatic N) is 4. The number of imidazole rings is 1. The highest BCUT2D eigenvalue weighted by molar-refractivity contribution is 6.11. The third-order valence-electron chi connectivity index (χ3n) is 9.44. The first-order valence-electron chi connectivity index (χ1n) is 12.4. The van der Waals surface area contributed by atoms with E-state index in [1.54, 1.807) is 0 Å². The van der Waals surface area contributed by atoms with Crippen molar-refractivity contribution in [3.05, 3.63) is 59.7 Å². The van der Waals surface area contributed by atoms with Crippen LogP contribution in [0.15, 0.2) is 64.7 Å². The Morgan fingerprint density at radius 2 is 1.88 bits per heavy atom. The number of aliphatic imine (C=N–C) groups is 1. The lowest BCUT2D eigenvalue weighted by atomic mass is 9.28. The topological polar surface area (TPSA) is 66.8 Å². The zero-order valence-electron chi connectivity index (χ0n) is 21.0. The molecule has 5 nitrogen and oxygen atoms in total. The first kappa shape index (κ1) is 21.5. The van der Waals surface area contributed by atoms with Crippen LogP contribution >= 0.6 is 0 Å². The van der Waals surface area contributed by atoms with E-state index >= 15 is 0 Å². The highest BCUT2D eigenvalue weighted by Crippen LogP contribution is 2.86. The molecule has 1 N–H and O–H groups in total. The van der Waals surface area contributed by atoms with E-state index in [9.17, 15) is 0 Å². The molecule has 6 rings (SSSR count). The standard InChI is InChI=1S/C29H33N5/c1-7-17(2)12-13-18(3)14-19-20-15-27(4)16-28(5,29(20,27)6)23(19)32-26-33-24-25(34-26)31-22-11-9-8-10-21(22)30-24/h7-14,18,20H,15-16H2,1-6H3,(H,30,31,33,34)/b13-12-,17-7-,19-14+,32-23+. The van der Waals surface area contributed by atoms with Gasteiger partial charge in [0.15, 0.2) is 11.3 Å². The van der Waals surface area contributed by atoms with Gasteiger partial charge in [0.2, 0.25) is 5.95 Å². The number of fused-ring (bicyclic) bond motifs is 2. The summed E-state index contributed by atoms with van der Waals surface area (Å²) in [5, 5.41) is 0. The van der Waals surface area contributed by atoms with E-state index in [2.05, 4.69) is 70.8 Å². The number of aromatic amines is 1. The van der Waals surface area contributed by atoms with E-state index in [0.29, 0.717) is 34.5 Å². The Kier molecular flexibility index (Phi) is 4.40. The Morgan fingerprint density at radius 1 is 1.15 bits per heavy atom. The highest BCUT2D eigenvalue weighted by Gasteiger charge is 2.82. The maximum atomic E-state index is 5.21. The van der Waals surface area contributed by atoms with Gasteiger partial charge >= 0.3 is 0 Å². The fourth-order valence-electron chi connectivity index (χ4n) is 7.22. The highest BCUT2D eigenvalue weighted by atomic mass is 15.1. The average molecular weight is 452 g/mol. The van der Waals surface area contributed by atoms with E-state index in [-0.39, 0.29) is 10.8 Å². The van der Waals surface area contributed by atoms with Crippen molar-refractivity contribution in [3.8, 4) is 0 Å². The van der Waals surface area contributed by atoms with Gasteiger partial charge in [-0.3, -0.25) is 0 Å². The molecule has 3 aliphatic carbocycles. The molecule has 174 valence electrons. The van der Waals surface area contributed by atoms with Gasteiger partial charge in [-0.1, -0.05) is 69.7 Å². The first-order valence-corrected chi connectivity index (χ1v) is 12.4. The van der Waals surface area contributed by atoms with Gasteiger partial charge in [0.1, 0.15) is 0 Å². The van der Waals surface area contributed by atoms with Crippen LogP contribution in [0, 0.1) is 28.1 Å². The van der Waals surface area contributed by atoms with Crippen LogP contribution < -0.4 is 0 Å². The molecule has 0 aliphatic heterocycles. The predicted molar refractivity (Wildman–Crippen MR) is 139 cm³/mol. The lowest BCUT2D eigenvalue weighted by Crippen LogP contribution is -2.70. The Balaban J connectivity index is 1.45. The number of H-pyrrole nitrogens is 1. The van der Waals surface area contributed by atoms with Crippen LogP contribution in [0.3, 0.4) is 0 Å². The van der Waals surface area contributed by atoms with E-state index in [4.69, 9.17) is 19.9 Å². The number of hydrogen-bond acceptors (Lipinski definition) is 4. The van der Waals surface area contributed by atoms with E-state index in [1.807, 2.05) is 24.3 Å². The van der Waals surface area contributed by atoms with Gasteiger partial charge < -0.3 is 4.98 Å². The quantitative estimate of drug-likeness (QED) is 0.429. The van der Waals surface area contributed by atoms with Crippen LogP contribution in [0.2, 0.25) is 0 Å². The van der Waals surface area contributed by atoms with Crippen molar-refractivity contribution in [2.75, 3.05) is 0 Å². The summed E-state index contributed by atoms with van der Waals surface area (Å²) in [6, 6.07) is 7.91. The monoisotopic (exact) mass is 451 g/mol. The Morgan fingerprint density at radius 3 is 2.59 bits per heavy atom. The Bertz CT molecular complexity index is 1400. The third kappa shape index (κ3) is 2.67. The summed E-state index contributed by atoms with van der Waals surface area (Å²) in [6.45, 7) is 13.9. The summed E-state index contributed by atoms with van der Waals surface area (Å²) < 4.78 is 0. The molecule has 1 aromatic carbocycles. The van der Waals surface area contributed by atoms with Gasteiger partial charge in [-0.25, -0.2) is 15.0 Å². The molecule has 34 heavy (non-hydrogen) atoms. The number of benzene rings is 1. The maximum Gasteiger partial charge on any atom is 0.230 e. The van der Waals surface area contributed by atoms with E-state index in [1.165, 1.54) is 29.7 Å². The molecular formula is C29H33N5. The van der Waals surface area contributed by atoms with Crippen molar-refractivity contribution < 1.29 is 0 Å². The van der Waals surface area contributed by atoms with Gasteiger partial charge in [-0.05, 0) is 67.1 Å². The molecule has 5 heteroatoms. The zero-order valence-corrected chi connectivity index (χ0v) is 21.0. The second-order valence-electron chi connectivity index (χ2n) is 11.3.